The van der Waals surface area contributed by atoms with Crippen molar-refractivity contribution in [1.82, 2.24) is 9.97 Å². The van der Waals surface area contributed by atoms with Crippen LogP contribution in [0.15, 0.2) is 24.5 Å². The molecule has 1 unspecified atom stereocenters. The van der Waals surface area contributed by atoms with Gasteiger partial charge >= 0.3 is 0 Å². The molecule has 2 N–H and O–H groups in total. The fourth-order valence-electron chi connectivity index (χ4n) is 2.70. The maximum atomic E-state index is 13.9. The number of hydrogen-bond acceptors (Lipinski definition) is 4. The number of hydrogen-bond donors (Lipinski definition) is 1. The maximum absolute atomic E-state index is 13.9. The lowest BCUT2D eigenvalue weighted by Gasteiger charge is -2.23. The second kappa shape index (κ2) is 8.22. The van der Waals surface area contributed by atoms with Gasteiger partial charge in [0.2, 0.25) is 0 Å². The summed E-state index contributed by atoms with van der Waals surface area (Å²) >= 11 is 5.75. The van der Waals surface area contributed by atoms with Crippen molar-refractivity contribution in [3.8, 4) is 17.0 Å². The van der Waals surface area contributed by atoms with Crippen LogP contribution in [0, 0.1) is 11.7 Å². The molecule has 0 aromatic carbocycles. The first-order chi connectivity index (χ1) is 12.1. The summed E-state index contributed by atoms with van der Waals surface area (Å²) in [6.07, 6.45) is -0.0377. The van der Waals surface area contributed by atoms with Crippen molar-refractivity contribution < 1.29 is 17.9 Å². The minimum atomic E-state index is -2.80. The lowest BCUT2D eigenvalue weighted by Crippen LogP contribution is -2.35. The van der Waals surface area contributed by atoms with Gasteiger partial charge in [0.25, 0.3) is 6.43 Å². The van der Waals surface area contributed by atoms with E-state index in [1.54, 1.807) is 0 Å². The number of rotatable bonds is 7. The Kier molecular flexibility index (Phi) is 6.47. The Hall–Kier alpha value is -1.86. The van der Waals surface area contributed by atoms with Crippen molar-refractivity contribution in [1.29, 1.82) is 0 Å². The minimum absolute atomic E-state index is 0.00306. The van der Waals surface area contributed by atoms with E-state index in [2.05, 4.69) is 9.97 Å². The maximum Gasteiger partial charge on any atom is 0.267 e. The van der Waals surface area contributed by atoms with Crippen LogP contribution < -0.4 is 10.5 Å². The normalized spacial score (nSPS) is 13.1. The smallest absolute Gasteiger partial charge is 0.267 e. The third-order valence-corrected chi connectivity index (χ3v) is 3.84. The zero-order valence-electron chi connectivity index (χ0n) is 14.8. The molecule has 0 fully saturated rings. The third kappa shape index (κ3) is 5.57. The van der Waals surface area contributed by atoms with Gasteiger partial charge in [0.15, 0.2) is 5.82 Å². The highest BCUT2D eigenvalue weighted by molar-refractivity contribution is 6.29. The molecule has 0 amide bonds. The number of ether oxygens (including phenoxy) is 1. The van der Waals surface area contributed by atoms with E-state index >= 15 is 0 Å². The summed E-state index contributed by atoms with van der Waals surface area (Å²) in [6, 6.07) is 2.34. The van der Waals surface area contributed by atoms with Crippen LogP contribution in [-0.4, -0.2) is 22.1 Å². The van der Waals surface area contributed by atoms with Gasteiger partial charge in [0.1, 0.15) is 10.9 Å². The molecule has 4 nitrogen and oxygen atoms in total. The first-order valence-electron chi connectivity index (χ1n) is 8.08. The number of nitrogens with two attached hydrogens (primary N) is 1. The van der Waals surface area contributed by atoms with Crippen molar-refractivity contribution in [2.45, 2.75) is 39.2 Å². The highest BCUT2D eigenvalue weighted by Gasteiger charge is 2.20. The Balaban J connectivity index is 2.25. The number of alkyl halides is 2. The van der Waals surface area contributed by atoms with Crippen LogP contribution in [0.25, 0.3) is 11.3 Å². The van der Waals surface area contributed by atoms with Crippen LogP contribution in [0.1, 0.15) is 39.2 Å². The zero-order valence-corrected chi connectivity index (χ0v) is 15.5. The molecule has 1 atom stereocenters. The molecule has 0 aliphatic carbocycles. The minimum Gasteiger partial charge on any atom is -0.491 e. The van der Waals surface area contributed by atoms with Gasteiger partial charge in [-0.1, -0.05) is 18.5 Å². The number of halogens is 4. The second-order valence-corrected chi connectivity index (χ2v) is 7.39. The summed E-state index contributed by atoms with van der Waals surface area (Å²) in [4.78, 5) is 7.63. The van der Waals surface area contributed by atoms with E-state index < -0.39 is 12.2 Å². The highest BCUT2D eigenvalue weighted by Crippen LogP contribution is 2.33. The van der Waals surface area contributed by atoms with E-state index in [0.717, 1.165) is 12.3 Å². The van der Waals surface area contributed by atoms with E-state index in [0.29, 0.717) is 6.42 Å². The Bertz CT molecular complexity index is 766. The highest BCUT2D eigenvalue weighted by atomic mass is 35.5. The Morgan fingerprint density at radius 1 is 1.23 bits per heavy atom. The SMILES string of the molecule is CC(COc1cnc(-c2cc(Cl)ncc2F)cc1C(F)F)CC(C)(C)N. The van der Waals surface area contributed by atoms with E-state index in [1.807, 2.05) is 20.8 Å². The molecule has 0 aliphatic rings. The third-order valence-electron chi connectivity index (χ3n) is 3.63. The van der Waals surface area contributed by atoms with Gasteiger partial charge in [-0.15, -0.1) is 0 Å². The van der Waals surface area contributed by atoms with Crippen LogP contribution in [-0.2, 0) is 0 Å². The molecule has 0 spiro atoms. The molecule has 2 aromatic heterocycles. The quantitative estimate of drug-likeness (QED) is 0.678. The van der Waals surface area contributed by atoms with Crippen LogP contribution in [0.5, 0.6) is 5.75 Å². The van der Waals surface area contributed by atoms with Crippen LogP contribution >= 0.6 is 11.6 Å². The van der Waals surface area contributed by atoms with Crippen molar-refractivity contribution >= 4 is 11.6 Å². The molecule has 0 saturated carbocycles. The van der Waals surface area contributed by atoms with Crippen LogP contribution in [0.2, 0.25) is 5.15 Å². The monoisotopic (exact) mass is 387 g/mol. The summed E-state index contributed by atoms with van der Waals surface area (Å²) < 4.78 is 46.3. The average Bonchev–Trinajstić information content (AvgIpc) is 2.53. The second-order valence-electron chi connectivity index (χ2n) is 7.00. The van der Waals surface area contributed by atoms with Crippen molar-refractivity contribution in [2.75, 3.05) is 6.61 Å². The molecule has 2 heterocycles. The van der Waals surface area contributed by atoms with Crippen molar-refractivity contribution in [2.24, 2.45) is 11.7 Å². The fraction of sp³-hybridized carbons (Fsp3) is 0.444. The van der Waals surface area contributed by atoms with Gasteiger partial charge in [-0.05, 0) is 38.3 Å². The number of aromatic nitrogens is 2. The Morgan fingerprint density at radius 2 is 1.92 bits per heavy atom. The van der Waals surface area contributed by atoms with Crippen molar-refractivity contribution in [3.05, 3.63) is 41.1 Å². The van der Waals surface area contributed by atoms with Gasteiger partial charge in [-0.25, -0.2) is 18.2 Å². The van der Waals surface area contributed by atoms with E-state index in [-0.39, 0.29) is 45.8 Å². The summed E-state index contributed by atoms with van der Waals surface area (Å²) in [7, 11) is 0. The van der Waals surface area contributed by atoms with E-state index in [1.165, 1.54) is 12.3 Å². The Labute approximate surface area is 155 Å². The predicted octanol–water partition coefficient (Wildman–Crippen LogP) is 5.02. The standard InChI is InChI=1S/C18H21ClF3N3O/c1-10(6-18(2,3)23)9-26-15-8-24-14(4-12(15)17(21)22)11-5-16(19)25-7-13(11)20/h4-5,7-8,10,17H,6,9,23H2,1-3H3. The van der Waals surface area contributed by atoms with Gasteiger partial charge in [-0.2, -0.15) is 0 Å². The van der Waals surface area contributed by atoms with Gasteiger partial charge in [-0.3, -0.25) is 4.98 Å². The molecule has 26 heavy (non-hydrogen) atoms. The van der Waals surface area contributed by atoms with Gasteiger partial charge < -0.3 is 10.5 Å². The number of pyridine rings is 2. The molecular formula is C18H21ClF3N3O. The largest absolute Gasteiger partial charge is 0.491 e. The first-order valence-corrected chi connectivity index (χ1v) is 8.46. The zero-order chi connectivity index (χ0) is 19.5. The van der Waals surface area contributed by atoms with Gasteiger partial charge in [0.05, 0.1) is 30.3 Å². The summed E-state index contributed by atoms with van der Waals surface area (Å²) in [5, 5.41) is 0.0420. The topological polar surface area (TPSA) is 61.0 Å². The lowest BCUT2D eigenvalue weighted by atomic mass is 9.93. The van der Waals surface area contributed by atoms with Crippen LogP contribution in [0.4, 0.5) is 13.2 Å². The Morgan fingerprint density at radius 3 is 2.54 bits per heavy atom. The molecule has 2 aromatic rings. The fourth-order valence-corrected chi connectivity index (χ4v) is 2.85. The van der Waals surface area contributed by atoms with E-state index in [9.17, 15) is 13.2 Å². The molecule has 142 valence electrons. The van der Waals surface area contributed by atoms with Crippen LogP contribution in [0.3, 0.4) is 0 Å². The molecule has 0 bridgehead atoms. The van der Waals surface area contributed by atoms with E-state index in [4.69, 9.17) is 22.1 Å². The summed E-state index contributed by atoms with van der Waals surface area (Å²) in [5.74, 6) is -0.669. The number of nitrogens with zero attached hydrogens (tertiary/aromatic N) is 2. The summed E-state index contributed by atoms with van der Waals surface area (Å²) in [6.45, 7) is 5.92. The lowest BCUT2D eigenvalue weighted by molar-refractivity contribution is 0.142. The molecular weight excluding hydrogens is 367 g/mol. The van der Waals surface area contributed by atoms with Crippen molar-refractivity contribution in [3.63, 3.8) is 0 Å². The molecule has 0 saturated heterocycles. The predicted molar refractivity (Wildman–Crippen MR) is 94.9 cm³/mol. The molecule has 2 rings (SSSR count). The molecule has 0 aliphatic heterocycles. The summed E-state index contributed by atoms with van der Waals surface area (Å²) in [5.41, 5.74) is 5.24. The first kappa shape index (κ1) is 20.5. The molecule has 8 heteroatoms. The van der Waals surface area contributed by atoms with Gasteiger partial charge in [0, 0.05) is 11.1 Å². The average molecular weight is 388 g/mol. The molecule has 0 radical (unpaired) electrons.